The number of nitrogens with one attached hydrogen (secondary N) is 2. The summed E-state index contributed by atoms with van der Waals surface area (Å²) in [5.74, 6) is -0.253. The Bertz CT molecular complexity index is 1230. The minimum atomic E-state index is -1.07. The van der Waals surface area contributed by atoms with E-state index in [9.17, 15) is 20.0 Å². The van der Waals surface area contributed by atoms with Crippen LogP contribution in [0.3, 0.4) is 0 Å². The van der Waals surface area contributed by atoms with Gasteiger partial charge in [-0.1, -0.05) is 25.1 Å². The lowest BCUT2D eigenvalue weighted by atomic mass is 10.0. The van der Waals surface area contributed by atoms with Gasteiger partial charge in [0, 0.05) is 43.5 Å². The van der Waals surface area contributed by atoms with Gasteiger partial charge in [0.15, 0.2) is 0 Å². The number of carboxylic acid groups (broad SMARTS) is 1. The Morgan fingerprint density at radius 1 is 1.14 bits per heavy atom. The molecule has 0 unspecified atom stereocenters. The summed E-state index contributed by atoms with van der Waals surface area (Å²) < 4.78 is 5.48. The molecule has 0 spiro atoms. The molecule has 3 N–H and O–H groups in total. The molecule has 3 aromatic rings. The summed E-state index contributed by atoms with van der Waals surface area (Å²) >= 11 is 0. The maximum Gasteiger partial charge on any atom is 0.339 e. The van der Waals surface area contributed by atoms with Crippen LogP contribution in [0.1, 0.15) is 23.0 Å². The number of pyridine rings is 1. The fourth-order valence-electron chi connectivity index (χ4n) is 3.98. The van der Waals surface area contributed by atoms with E-state index in [1.807, 2.05) is 31.2 Å². The van der Waals surface area contributed by atoms with Gasteiger partial charge in [-0.3, -0.25) is 10.1 Å². The molecule has 0 bridgehead atoms. The number of nitrogens with zero attached hydrogens (tertiary/aromatic N) is 5. The van der Waals surface area contributed by atoms with Crippen molar-refractivity contribution in [3.63, 3.8) is 0 Å². The number of aryl methyl sites for hydroxylation is 1. The second-order valence-corrected chi connectivity index (χ2v) is 8.01. The Balaban J connectivity index is 1.57. The Morgan fingerprint density at radius 3 is 2.56 bits per heavy atom. The van der Waals surface area contributed by atoms with Crippen molar-refractivity contribution >= 4 is 29.1 Å². The lowest BCUT2D eigenvalue weighted by Gasteiger charge is -2.30. The van der Waals surface area contributed by atoms with E-state index in [1.54, 1.807) is 0 Å². The lowest BCUT2D eigenvalue weighted by Crippen LogP contribution is -2.36. The van der Waals surface area contributed by atoms with Gasteiger partial charge in [-0.2, -0.15) is 0 Å². The van der Waals surface area contributed by atoms with Crippen LogP contribution in [0.4, 0.5) is 23.1 Å². The van der Waals surface area contributed by atoms with Crippen LogP contribution in [-0.4, -0.2) is 70.3 Å². The van der Waals surface area contributed by atoms with Crippen LogP contribution in [0.15, 0.2) is 42.6 Å². The molecule has 1 fully saturated rings. The van der Waals surface area contributed by atoms with Crippen LogP contribution in [0, 0.1) is 10.1 Å². The zero-order chi connectivity index (χ0) is 25.5. The minimum Gasteiger partial charge on any atom is -0.478 e. The average molecular weight is 494 g/mol. The number of aromatic carboxylic acids is 1. The highest BCUT2D eigenvalue weighted by molar-refractivity contribution is 5.98. The number of carboxylic acids is 1. The van der Waals surface area contributed by atoms with E-state index in [-0.39, 0.29) is 11.3 Å². The zero-order valence-corrected chi connectivity index (χ0v) is 19.8. The molecule has 0 atom stereocenters. The number of aromatic nitrogens is 3. The smallest absolute Gasteiger partial charge is 0.339 e. The Labute approximate surface area is 207 Å². The van der Waals surface area contributed by atoms with Gasteiger partial charge in [-0.15, -0.1) is 0 Å². The molecule has 1 saturated heterocycles. The molecule has 12 heteroatoms. The SMILES string of the molecule is CCc1nc(NCCNc2ccc([N+](=O)[O-])cn2)nc(-c2ccccc2N2CCOCC2)c1C(=O)O. The number of morpholine rings is 1. The standard InChI is InChI=1S/C24H27N7O5/c1-2-18-21(23(32)33)22(17-5-3-4-6-19(17)30-11-13-36-14-12-30)29-24(28-18)26-10-9-25-20-8-7-16(15-27-20)31(34)35/h3-8,15H,2,9-14H2,1H3,(H,25,27)(H,32,33)(H,26,28,29). The van der Waals surface area contributed by atoms with Gasteiger partial charge in [0.1, 0.15) is 17.6 Å². The summed E-state index contributed by atoms with van der Waals surface area (Å²) in [5, 5.41) is 27.0. The van der Waals surface area contributed by atoms with E-state index in [0.717, 1.165) is 11.3 Å². The van der Waals surface area contributed by atoms with E-state index >= 15 is 0 Å². The third-order valence-corrected chi connectivity index (χ3v) is 5.72. The maximum atomic E-state index is 12.3. The lowest BCUT2D eigenvalue weighted by molar-refractivity contribution is -0.385. The van der Waals surface area contributed by atoms with Gasteiger partial charge in [-0.05, 0) is 18.6 Å². The summed E-state index contributed by atoms with van der Waals surface area (Å²) in [6.07, 6.45) is 1.62. The Hall–Kier alpha value is -4.32. The molecule has 1 aliphatic heterocycles. The first kappa shape index (κ1) is 24.8. The van der Waals surface area contributed by atoms with Crippen molar-refractivity contribution in [3.05, 3.63) is 64.0 Å². The fourth-order valence-corrected chi connectivity index (χ4v) is 3.98. The summed E-state index contributed by atoms with van der Waals surface area (Å²) in [4.78, 5) is 37.8. The van der Waals surface area contributed by atoms with Crippen LogP contribution in [-0.2, 0) is 11.2 Å². The molecule has 0 radical (unpaired) electrons. The van der Waals surface area contributed by atoms with E-state index in [0.29, 0.717) is 69.0 Å². The van der Waals surface area contributed by atoms with Gasteiger partial charge in [0.05, 0.1) is 29.5 Å². The van der Waals surface area contributed by atoms with Crippen LogP contribution in [0.2, 0.25) is 0 Å². The third kappa shape index (κ3) is 5.66. The average Bonchev–Trinajstić information content (AvgIpc) is 2.91. The summed E-state index contributed by atoms with van der Waals surface area (Å²) in [7, 11) is 0. The number of anilines is 3. The monoisotopic (exact) mass is 493 g/mol. The second kappa shape index (κ2) is 11.4. The third-order valence-electron chi connectivity index (χ3n) is 5.72. The molecular weight excluding hydrogens is 466 g/mol. The molecule has 12 nitrogen and oxygen atoms in total. The van der Waals surface area contributed by atoms with Gasteiger partial charge in [0.2, 0.25) is 5.95 Å². The van der Waals surface area contributed by atoms with Crippen molar-refractivity contribution in [1.82, 2.24) is 15.0 Å². The number of hydrogen-bond acceptors (Lipinski definition) is 10. The summed E-state index contributed by atoms with van der Waals surface area (Å²) in [5.41, 5.74) is 2.45. The number of nitro groups is 1. The van der Waals surface area contributed by atoms with E-state index in [1.165, 1.54) is 18.3 Å². The molecule has 188 valence electrons. The Kier molecular flexibility index (Phi) is 7.85. The first-order valence-corrected chi connectivity index (χ1v) is 11.6. The molecule has 0 aliphatic carbocycles. The van der Waals surface area contributed by atoms with E-state index < -0.39 is 10.9 Å². The minimum absolute atomic E-state index is 0.0809. The molecule has 1 aliphatic rings. The van der Waals surface area contributed by atoms with E-state index in [2.05, 4.69) is 30.5 Å². The molecule has 36 heavy (non-hydrogen) atoms. The van der Waals surface area contributed by atoms with Crippen molar-refractivity contribution < 1.29 is 19.6 Å². The van der Waals surface area contributed by atoms with Gasteiger partial charge in [-0.25, -0.2) is 19.7 Å². The van der Waals surface area contributed by atoms with Crippen LogP contribution >= 0.6 is 0 Å². The quantitative estimate of drug-likeness (QED) is 0.217. The molecule has 2 aromatic heterocycles. The largest absolute Gasteiger partial charge is 0.478 e. The van der Waals surface area contributed by atoms with Gasteiger partial charge < -0.3 is 25.4 Å². The van der Waals surface area contributed by atoms with Crippen molar-refractivity contribution in [2.75, 3.05) is 54.9 Å². The van der Waals surface area contributed by atoms with Crippen molar-refractivity contribution in [1.29, 1.82) is 0 Å². The zero-order valence-electron chi connectivity index (χ0n) is 19.8. The molecule has 0 amide bonds. The molecule has 1 aromatic carbocycles. The summed E-state index contributed by atoms with van der Waals surface area (Å²) in [6.45, 7) is 5.34. The first-order chi connectivity index (χ1) is 17.5. The highest BCUT2D eigenvalue weighted by Crippen LogP contribution is 2.34. The van der Waals surface area contributed by atoms with E-state index in [4.69, 9.17) is 4.74 Å². The predicted octanol–water partition coefficient (Wildman–Crippen LogP) is 3.07. The van der Waals surface area contributed by atoms with Crippen molar-refractivity contribution in [3.8, 4) is 11.3 Å². The van der Waals surface area contributed by atoms with Crippen molar-refractivity contribution in [2.24, 2.45) is 0 Å². The molecule has 0 saturated carbocycles. The van der Waals surface area contributed by atoms with Crippen molar-refractivity contribution in [2.45, 2.75) is 13.3 Å². The number of rotatable bonds is 10. The molecule has 4 rings (SSSR count). The first-order valence-electron chi connectivity index (χ1n) is 11.6. The number of carbonyl (C=O) groups is 1. The predicted molar refractivity (Wildman–Crippen MR) is 135 cm³/mol. The van der Waals surface area contributed by atoms with Crippen LogP contribution in [0.5, 0.6) is 0 Å². The number of benzene rings is 1. The second-order valence-electron chi connectivity index (χ2n) is 8.01. The highest BCUT2D eigenvalue weighted by Gasteiger charge is 2.24. The number of ether oxygens (including phenoxy) is 1. The number of hydrogen-bond donors (Lipinski definition) is 3. The van der Waals surface area contributed by atoms with Gasteiger partial charge in [0.25, 0.3) is 5.69 Å². The molecule has 3 heterocycles. The summed E-state index contributed by atoms with van der Waals surface area (Å²) in [6, 6.07) is 10.5. The highest BCUT2D eigenvalue weighted by atomic mass is 16.6. The van der Waals surface area contributed by atoms with Crippen LogP contribution in [0.25, 0.3) is 11.3 Å². The number of para-hydroxylation sites is 1. The Morgan fingerprint density at radius 2 is 1.89 bits per heavy atom. The topological polar surface area (TPSA) is 156 Å². The van der Waals surface area contributed by atoms with Crippen LogP contribution < -0.4 is 15.5 Å². The maximum absolute atomic E-state index is 12.3. The normalized spacial score (nSPS) is 13.3. The molecular formula is C24H27N7O5. The van der Waals surface area contributed by atoms with Gasteiger partial charge >= 0.3 is 5.97 Å². The fraction of sp³-hybridized carbons (Fsp3) is 0.333.